The summed E-state index contributed by atoms with van der Waals surface area (Å²) in [5, 5.41) is 91.6. The van der Waals surface area contributed by atoms with Gasteiger partial charge in [-0.3, -0.25) is 19.7 Å². The van der Waals surface area contributed by atoms with E-state index in [0.29, 0.717) is 125 Å². The molecule has 0 fully saturated rings. The van der Waals surface area contributed by atoms with Crippen LogP contribution < -0.4 is 15.4 Å². The zero-order chi connectivity index (χ0) is 82.5. The first-order chi connectivity index (χ1) is 58.2. The second-order valence-corrected chi connectivity index (χ2v) is 28.3. The average Bonchev–Trinajstić information content (AvgIpc) is 1.86. The zero-order valence-electron chi connectivity index (χ0n) is 63.7. The molecule has 3 N–H and O–H groups in total. The van der Waals surface area contributed by atoms with Crippen molar-refractivity contribution < 1.29 is 29.0 Å². The smallest absolute Gasteiger partial charge is 0.300 e. The number of carbonyl (C=O) groups excluding carboxylic acids is 2. The van der Waals surface area contributed by atoms with E-state index in [0.717, 1.165) is 78.0 Å². The monoisotopic (exact) mass is 1660 g/mol. The quantitative estimate of drug-likeness (QED) is 0.0342. The van der Waals surface area contributed by atoms with Gasteiger partial charge < -0.3 is 20.5 Å². The van der Waals surface area contributed by atoms with Crippen LogP contribution in [-0.4, -0.2) is 139 Å². The number of likely N-dealkylation sites (N-methyl/N-ethyl adjacent to an activating group) is 1. The van der Waals surface area contributed by atoms with E-state index in [1.807, 2.05) is 244 Å². The Balaban J connectivity index is 0.000000127. The summed E-state index contributed by atoms with van der Waals surface area (Å²) in [5.74, 6) is 0.367. The lowest BCUT2D eigenvalue weighted by atomic mass is 10.1. The number of nitrogens with one attached hydrogen (secondary N) is 2. The van der Waals surface area contributed by atoms with E-state index in [1.165, 1.54) is 15.4 Å². The number of hydrogen-bond acceptors (Lipinski definition) is 21. The van der Waals surface area contributed by atoms with Gasteiger partial charge in [0, 0.05) is 71.2 Å². The number of aliphatic hydroxyl groups excluding tert-OH is 1. The van der Waals surface area contributed by atoms with Gasteiger partial charge in [0.2, 0.25) is 17.3 Å². The van der Waals surface area contributed by atoms with Crippen LogP contribution >= 0.6 is 46.4 Å². The molecule has 2 amide bonds. The molecule has 119 heavy (non-hydrogen) atoms. The molecule has 0 saturated carbocycles. The molecule has 9 heterocycles. The van der Waals surface area contributed by atoms with E-state index in [-0.39, 0.29) is 42.7 Å². The first-order valence-corrected chi connectivity index (χ1v) is 38.9. The molecule has 0 aliphatic heterocycles. The number of amides is 2. The Kier molecular flexibility index (Phi) is 24.7. The highest BCUT2D eigenvalue weighted by Gasteiger charge is 2.27. The molecule has 0 aliphatic carbocycles. The van der Waals surface area contributed by atoms with Crippen LogP contribution in [0.15, 0.2) is 253 Å². The molecule has 0 bridgehead atoms. The van der Waals surface area contributed by atoms with Crippen molar-refractivity contribution in [3.63, 3.8) is 0 Å². The molecular weight excluding hydrogens is 1590 g/mol. The van der Waals surface area contributed by atoms with Gasteiger partial charge in [-0.1, -0.05) is 259 Å². The molecule has 0 spiro atoms. The normalized spacial score (nSPS) is 11.1. The number of halogens is 4. The second-order valence-electron chi connectivity index (χ2n) is 26.8. The molecule has 0 radical (unpaired) electrons. The van der Waals surface area contributed by atoms with Crippen LogP contribution in [0.4, 0.5) is 5.69 Å². The minimum Gasteiger partial charge on any atom is -0.497 e. The Labute approximate surface area is 698 Å². The summed E-state index contributed by atoms with van der Waals surface area (Å²) in [7, 11) is 5.06. The fraction of sp³-hybridized carbons (Fsp3) is 0.126. The van der Waals surface area contributed by atoms with Crippen molar-refractivity contribution >= 4 is 119 Å². The van der Waals surface area contributed by atoms with E-state index < -0.39 is 4.92 Å². The number of nitrogens with zero attached hydrogens (tertiary/aromatic N) is 19. The van der Waals surface area contributed by atoms with Gasteiger partial charge in [0.05, 0.1) is 66.8 Å². The highest BCUT2D eigenvalue weighted by Crippen LogP contribution is 2.42. The third-order valence-corrected chi connectivity index (χ3v) is 20.7. The molecule has 9 aromatic heterocycles. The maximum Gasteiger partial charge on any atom is 0.300 e. The fourth-order valence-corrected chi connectivity index (χ4v) is 14.7. The van der Waals surface area contributed by atoms with Gasteiger partial charge in [0.15, 0.2) is 22.6 Å². The second kappa shape index (κ2) is 36.8. The van der Waals surface area contributed by atoms with Crippen LogP contribution in [0.5, 0.6) is 5.75 Å². The highest BCUT2D eigenvalue weighted by atomic mass is 35.5. The minimum absolute atomic E-state index is 0.0370. The Hall–Kier alpha value is -14.2. The average molecular weight is 1660 g/mol. The molecular formula is C87H69Cl4N21O7. The van der Waals surface area contributed by atoms with Crippen molar-refractivity contribution in [2.45, 2.75) is 38.9 Å². The van der Waals surface area contributed by atoms with Crippen LogP contribution in [0, 0.1) is 10.1 Å². The SMILES string of the molecule is CNC(=O)Cn1nc(-c2ccccc2)c2c(Cl)c(-c3ccccc3)nnc21.COc1ccc(-c2nnc3c(c(-c4ccccc4)nn3C)c2Cl)cc1.O=C(Cn1nc(-c2ccccc2)c2c(Cl)c(-c3ccccc3)nnc21)NCCCCc1ccc([N+](=O)[O-])c2nonc12.OCCn1nc(-c2ccccc2)c2c(Cl)c(-c3ccccc3)nnc21. The number of methoxy groups -OCH3 is 1. The lowest BCUT2D eigenvalue weighted by Crippen LogP contribution is -2.29. The molecule has 32 heteroatoms. The summed E-state index contributed by atoms with van der Waals surface area (Å²) in [4.78, 5) is 35.5. The number of non-ortho nitro benzene ring substituents is 1. The molecule has 0 unspecified atom stereocenters. The number of unbranched alkanes of at least 4 members (excludes halogenated alkanes) is 1. The summed E-state index contributed by atoms with van der Waals surface area (Å²) in [6, 6.07) is 78.6. The number of aromatic nitrogens is 18. The largest absolute Gasteiger partial charge is 0.497 e. The number of ether oxygens (including phenoxy) is 1. The highest BCUT2D eigenvalue weighted by molar-refractivity contribution is 6.40. The van der Waals surface area contributed by atoms with Crippen LogP contribution in [0.3, 0.4) is 0 Å². The van der Waals surface area contributed by atoms with Gasteiger partial charge in [-0.25, -0.2) is 23.4 Å². The lowest BCUT2D eigenvalue weighted by Gasteiger charge is -2.07. The van der Waals surface area contributed by atoms with E-state index in [4.69, 9.17) is 60.9 Å². The maximum atomic E-state index is 12.9. The van der Waals surface area contributed by atoms with Gasteiger partial charge in [0.25, 0.3) is 0 Å². The summed E-state index contributed by atoms with van der Waals surface area (Å²) >= 11 is 27.1. The Morgan fingerprint density at radius 2 is 0.773 bits per heavy atom. The topological polar surface area (TPSA) is 344 Å². The molecule has 28 nitrogen and oxygen atoms in total. The number of carbonyl (C=O) groups is 2. The first kappa shape index (κ1) is 80.0. The van der Waals surface area contributed by atoms with Crippen molar-refractivity contribution in [1.82, 2.24) is 101 Å². The number of hydrogen-bond donors (Lipinski definition) is 3. The number of aryl methyl sites for hydroxylation is 2. The summed E-state index contributed by atoms with van der Waals surface area (Å²) in [6.07, 6.45) is 1.99. The van der Waals surface area contributed by atoms with E-state index in [1.54, 1.807) is 29.6 Å². The van der Waals surface area contributed by atoms with Crippen molar-refractivity contribution in [1.29, 1.82) is 0 Å². The first-order valence-electron chi connectivity index (χ1n) is 37.3. The Bertz CT molecular complexity index is 6650. The van der Waals surface area contributed by atoms with E-state index >= 15 is 0 Å². The number of aliphatic hydroxyl groups is 1. The lowest BCUT2D eigenvalue weighted by molar-refractivity contribution is -0.383. The van der Waals surface area contributed by atoms with Gasteiger partial charge in [-0.2, -0.15) is 20.4 Å². The van der Waals surface area contributed by atoms with Crippen molar-refractivity contribution in [3.8, 4) is 95.8 Å². The number of fused-ring (bicyclic) bond motifs is 5. The predicted molar refractivity (Wildman–Crippen MR) is 458 cm³/mol. The molecule has 592 valence electrons. The molecule has 18 aromatic rings. The molecule has 9 aromatic carbocycles. The zero-order valence-corrected chi connectivity index (χ0v) is 66.8. The standard InChI is InChI=1S/C29H23ClN8O4.C20H16ClN5O.2C19H15ClN4O/c30-24-23-25(18-9-3-1-4-10-18)34-37(29(23)33-32-26(24)19-11-5-2-6-12-19)17-22(39)31-16-8-7-13-20-14-15-21(38(40)41)28-27(20)35-42-36-28;1-22-15(27)12-26-20-16(18(25-26)13-8-4-2-5-9-13)17(21)19(23-24-20)14-10-6-3-7-11-14;1-24-19-15(17(23-24)12-6-4-3-5-7-12)16(20)18(21-22-19)13-8-10-14(25-2)11-9-13;20-16-15-17(13-7-3-1-4-8-13)23-24(11-12-25)19(15)22-21-18(16)14-9-5-2-6-10-14/h1-6,9-12,14-15H,7-8,13,16-17H2,(H,31,39);2-11H,12H2,1H3,(H,22,27);3-11H,1-2H3;1-10,25H,11-12H2. The van der Waals surface area contributed by atoms with Gasteiger partial charge >= 0.3 is 5.69 Å². The van der Waals surface area contributed by atoms with Gasteiger partial charge in [0.1, 0.15) is 69.9 Å². The fourth-order valence-electron chi connectivity index (χ4n) is 13.4. The Morgan fingerprint density at radius 3 is 1.16 bits per heavy atom. The van der Waals surface area contributed by atoms with E-state index in [9.17, 15) is 24.8 Å². The van der Waals surface area contributed by atoms with Crippen molar-refractivity contribution in [3.05, 3.63) is 284 Å². The molecule has 0 aliphatic rings. The van der Waals surface area contributed by atoms with Gasteiger partial charge in [-0.05, 0) is 65.5 Å². The van der Waals surface area contributed by atoms with Crippen molar-refractivity contribution in [2.75, 3.05) is 27.3 Å². The number of nitro benzene ring substituents is 1. The van der Waals surface area contributed by atoms with Gasteiger partial charge in [-0.15, -0.1) is 40.8 Å². The third kappa shape index (κ3) is 17.3. The van der Waals surface area contributed by atoms with Crippen LogP contribution in [0.1, 0.15) is 18.4 Å². The predicted octanol–water partition coefficient (Wildman–Crippen LogP) is 17.1. The Morgan fingerprint density at radius 1 is 0.429 bits per heavy atom. The molecule has 0 atom stereocenters. The number of benzene rings is 9. The van der Waals surface area contributed by atoms with Crippen LogP contribution in [0.2, 0.25) is 20.1 Å². The molecule has 18 rings (SSSR count). The third-order valence-electron chi connectivity index (χ3n) is 19.2. The van der Waals surface area contributed by atoms with E-state index in [2.05, 4.69) is 77.0 Å². The molecule has 0 saturated heterocycles. The maximum absolute atomic E-state index is 12.9. The summed E-state index contributed by atoms with van der Waals surface area (Å²) in [6.45, 7) is 0.702. The summed E-state index contributed by atoms with van der Waals surface area (Å²) < 4.78 is 16.3. The van der Waals surface area contributed by atoms with Crippen LogP contribution in [-0.2, 0) is 42.7 Å². The van der Waals surface area contributed by atoms with Crippen LogP contribution in [0.25, 0.3) is 145 Å². The summed E-state index contributed by atoms with van der Waals surface area (Å²) in [5.41, 5.74) is 15.6. The number of rotatable bonds is 21. The minimum atomic E-state index is -0.515. The van der Waals surface area contributed by atoms with Crippen molar-refractivity contribution in [2.24, 2.45) is 7.05 Å². The number of nitro groups is 1.